The van der Waals surface area contributed by atoms with Gasteiger partial charge in [0.2, 0.25) is 5.95 Å². The molecule has 0 radical (unpaired) electrons. The van der Waals surface area contributed by atoms with Gasteiger partial charge in [0.25, 0.3) is 0 Å². The van der Waals surface area contributed by atoms with Crippen LogP contribution >= 0.6 is 0 Å². The van der Waals surface area contributed by atoms with Crippen LogP contribution in [0.2, 0.25) is 0 Å². The average molecular weight is 210 g/mol. The Morgan fingerprint density at radius 3 is 2.93 bits per heavy atom. The first kappa shape index (κ1) is 10.4. The van der Waals surface area contributed by atoms with Crippen LogP contribution in [0.15, 0.2) is 6.33 Å². The Morgan fingerprint density at radius 1 is 1.60 bits per heavy atom. The van der Waals surface area contributed by atoms with E-state index in [-0.39, 0.29) is 0 Å². The second-order valence-electron chi connectivity index (χ2n) is 4.88. The molecule has 0 saturated heterocycles. The van der Waals surface area contributed by atoms with Crippen molar-refractivity contribution in [2.45, 2.75) is 38.8 Å². The van der Waals surface area contributed by atoms with Crippen molar-refractivity contribution in [3.8, 4) is 0 Å². The van der Waals surface area contributed by atoms with Crippen LogP contribution in [0, 0.1) is 5.92 Å². The van der Waals surface area contributed by atoms with Gasteiger partial charge in [-0.25, -0.2) is 4.68 Å². The van der Waals surface area contributed by atoms with Crippen molar-refractivity contribution < 1.29 is 5.11 Å². The standard InChI is InChI=1S/C10H18N4O/c1-10(2,15)6-14-9(12-7-13-14)11-5-8-3-4-8/h7-8,15H,3-6H2,1-2H3,(H,11,12,13). The van der Waals surface area contributed by atoms with Crippen molar-refractivity contribution in [3.63, 3.8) is 0 Å². The van der Waals surface area contributed by atoms with Crippen LogP contribution in [-0.2, 0) is 6.54 Å². The van der Waals surface area contributed by atoms with Gasteiger partial charge in [0, 0.05) is 6.54 Å². The van der Waals surface area contributed by atoms with E-state index in [1.807, 2.05) is 0 Å². The summed E-state index contributed by atoms with van der Waals surface area (Å²) in [6, 6.07) is 0. The van der Waals surface area contributed by atoms with Gasteiger partial charge in [-0.2, -0.15) is 10.1 Å². The van der Waals surface area contributed by atoms with E-state index in [0.29, 0.717) is 6.54 Å². The number of hydrogen-bond acceptors (Lipinski definition) is 4. The van der Waals surface area contributed by atoms with E-state index in [9.17, 15) is 5.11 Å². The zero-order valence-corrected chi connectivity index (χ0v) is 9.27. The molecule has 5 nitrogen and oxygen atoms in total. The fourth-order valence-corrected chi connectivity index (χ4v) is 1.44. The first-order valence-electron chi connectivity index (χ1n) is 5.39. The third kappa shape index (κ3) is 3.20. The molecule has 1 aromatic rings. The molecule has 84 valence electrons. The topological polar surface area (TPSA) is 63.0 Å². The van der Waals surface area contributed by atoms with Gasteiger partial charge in [0.1, 0.15) is 6.33 Å². The number of anilines is 1. The van der Waals surface area contributed by atoms with Crippen molar-refractivity contribution in [3.05, 3.63) is 6.33 Å². The van der Waals surface area contributed by atoms with Gasteiger partial charge in [-0.3, -0.25) is 0 Å². The molecule has 0 aromatic carbocycles. The number of aromatic nitrogens is 3. The zero-order chi connectivity index (χ0) is 10.9. The molecule has 1 saturated carbocycles. The minimum absolute atomic E-state index is 0.458. The van der Waals surface area contributed by atoms with Gasteiger partial charge in [-0.1, -0.05) is 0 Å². The first-order chi connectivity index (χ1) is 7.04. The van der Waals surface area contributed by atoms with Gasteiger partial charge in [-0.15, -0.1) is 0 Å². The third-order valence-electron chi connectivity index (χ3n) is 2.40. The number of nitrogens with zero attached hydrogens (tertiary/aromatic N) is 3. The van der Waals surface area contributed by atoms with Crippen molar-refractivity contribution in [2.75, 3.05) is 11.9 Å². The highest BCUT2D eigenvalue weighted by Crippen LogP contribution is 2.28. The molecule has 5 heteroatoms. The largest absolute Gasteiger partial charge is 0.389 e. The van der Waals surface area contributed by atoms with E-state index in [2.05, 4.69) is 15.4 Å². The summed E-state index contributed by atoms with van der Waals surface area (Å²) in [4.78, 5) is 4.13. The maximum atomic E-state index is 9.69. The molecule has 1 heterocycles. The van der Waals surface area contributed by atoms with Gasteiger partial charge in [-0.05, 0) is 32.6 Å². The summed E-state index contributed by atoms with van der Waals surface area (Å²) in [6.07, 6.45) is 4.14. The number of aliphatic hydroxyl groups is 1. The van der Waals surface area contributed by atoms with Crippen molar-refractivity contribution >= 4 is 5.95 Å². The van der Waals surface area contributed by atoms with E-state index >= 15 is 0 Å². The smallest absolute Gasteiger partial charge is 0.221 e. The molecule has 1 aliphatic rings. The Bertz CT molecular complexity index is 324. The lowest BCUT2D eigenvalue weighted by Gasteiger charge is -2.18. The van der Waals surface area contributed by atoms with E-state index in [4.69, 9.17) is 0 Å². The van der Waals surface area contributed by atoms with Gasteiger partial charge in [0.05, 0.1) is 12.1 Å². The third-order valence-corrected chi connectivity index (χ3v) is 2.40. The van der Waals surface area contributed by atoms with Crippen LogP contribution in [-0.4, -0.2) is 32.0 Å². The summed E-state index contributed by atoms with van der Waals surface area (Å²) < 4.78 is 1.71. The Kier molecular flexibility index (Phi) is 2.65. The lowest BCUT2D eigenvalue weighted by atomic mass is 10.1. The van der Waals surface area contributed by atoms with Crippen LogP contribution in [0.3, 0.4) is 0 Å². The van der Waals surface area contributed by atoms with E-state index < -0.39 is 5.60 Å². The summed E-state index contributed by atoms with van der Waals surface area (Å²) in [5, 5.41) is 17.0. The molecule has 15 heavy (non-hydrogen) atoms. The summed E-state index contributed by atoms with van der Waals surface area (Å²) in [7, 11) is 0. The van der Waals surface area contributed by atoms with E-state index in [1.54, 1.807) is 18.5 Å². The SMILES string of the molecule is CC(C)(O)Cn1ncnc1NCC1CC1. The maximum absolute atomic E-state index is 9.69. The summed E-state index contributed by atoms with van der Waals surface area (Å²) in [5.74, 6) is 1.56. The molecule has 2 rings (SSSR count). The van der Waals surface area contributed by atoms with E-state index in [0.717, 1.165) is 18.4 Å². The molecule has 0 spiro atoms. The highest BCUT2D eigenvalue weighted by atomic mass is 16.3. The van der Waals surface area contributed by atoms with Crippen LogP contribution < -0.4 is 5.32 Å². The summed E-state index contributed by atoms with van der Waals surface area (Å²) in [5.41, 5.74) is -0.760. The normalized spacial score (nSPS) is 16.7. The lowest BCUT2D eigenvalue weighted by molar-refractivity contribution is 0.0583. The molecule has 0 atom stereocenters. The predicted molar refractivity (Wildman–Crippen MR) is 57.5 cm³/mol. The quantitative estimate of drug-likeness (QED) is 0.757. The minimum Gasteiger partial charge on any atom is -0.389 e. The molecule has 2 N–H and O–H groups in total. The molecule has 0 aliphatic heterocycles. The first-order valence-corrected chi connectivity index (χ1v) is 5.39. The van der Waals surface area contributed by atoms with Gasteiger partial charge >= 0.3 is 0 Å². The molecule has 1 fully saturated rings. The predicted octanol–water partition coefficient (Wildman–Crippen LogP) is 0.871. The molecule has 0 bridgehead atoms. The number of rotatable bonds is 5. The Balaban J connectivity index is 1.94. The van der Waals surface area contributed by atoms with Crippen LogP contribution in [0.25, 0.3) is 0 Å². The second-order valence-corrected chi connectivity index (χ2v) is 4.88. The fourth-order valence-electron chi connectivity index (χ4n) is 1.44. The molecule has 1 aliphatic carbocycles. The Morgan fingerprint density at radius 2 is 2.33 bits per heavy atom. The van der Waals surface area contributed by atoms with Crippen LogP contribution in [0.5, 0.6) is 0 Å². The number of hydrogen-bond donors (Lipinski definition) is 2. The van der Waals surface area contributed by atoms with Crippen molar-refractivity contribution in [1.29, 1.82) is 0 Å². The maximum Gasteiger partial charge on any atom is 0.221 e. The molecule has 0 unspecified atom stereocenters. The van der Waals surface area contributed by atoms with Gasteiger partial charge < -0.3 is 10.4 Å². The minimum atomic E-state index is -0.760. The fraction of sp³-hybridized carbons (Fsp3) is 0.800. The Hall–Kier alpha value is -1.10. The highest BCUT2D eigenvalue weighted by Gasteiger charge is 2.22. The molecular weight excluding hydrogens is 192 g/mol. The monoisotopic (exact) mass is 210 g/mol. The van der Waals surface area contributed by atoms with Crippen LogP contribution in [0.4, 0.5) is 5.95 Å². The summed E-state index contributed by atoms with van der Waals surface area (Å²) >= 11 is 0. The molecule has 0 amide bonds. The lowest BCUT2D eigenvalue weighted by Crippen LogP contribution is -2.27. The Labute approximate surface area is 89.5 Å². The second kappa shape index (κ2) is 3.81. The summed E-state index contributed by atoms with van der Waals surface area (Å²) in [6.45, 7) is 4.95. The molecular formula is C10H18N4O. The molecule has 1 aromatic heterocycles. The number of nitrogens with one attached hydrogen (secondary N) is 1. The van der Waals surface area contributed by atoms with Crippen molar-refractivity contribution in [1.82, 2.24) is 14.8 Å². The highest BCUT2D eigenvalue weighted by molar-refractivity contribution is 5.23. The van der Waals surface area contributed by atoms with Gasteiger partial charge in [0.15, 0.2) is 0 Å². The van der Waals surface area contributed by atoms with Crippen LogP contribution in [0.1, 0.15) is 26.7 Å². The average Bonchev–Trinajstić information content (AvgIpc) is 2.84. The zero-order valence-electron chi connectivity index (χ0n) is 9.27. The van der Waals surface area contributed by atoms with E-state index in [1.165, 1.54) is 19.2 Å². The van der Waals surface area contributed by atoms with Crippen molar-refractivity contribution in [2.24, 2.45) is 5.92 Å².